The van der Waals surface area contributed by atoms with Crippen LogP contribution in [0.15, 0.2) is 39.8 Å². The molecule has 0 spiro atoms. The molecule has 0 N–H and O–H groups in total. The third-order valence-corrected chi connectivity index (χ3v) is 3.67. The number of aryl methyl sites for hydroxylation is 1. The standard InChI is InChI=1S/C18H19N3O4/c1-11-5-6-15-19-12(7-16(22)21(15)9-11)10-24-17(23)13-8-14(25-20-13)18(2,3)4/h5-9H,10H2,1-4H3. The summed E-state index contributed by atoms with van der Waals surface area (Å²) in [4.78, 5) is 28.6. The first kappa shape index (κ1) is 16.9. The summed E-state index contributed by atoms with van der Waals surface area (Å²) < 4.78 is 11.8. The molecular weight excluding hydrogens is 322 g/mol. The molecule has 0 unspecified atom stereocenters. The highest BCUT2D eigenvalue weighted by Gasteiger charge is 2.23. The maximum atomic E-state index is 12.1. The monoisotopic (exact) mass is 341 g/mol. The number of pyridine rings is 1. The fraction of sp³-hybridized carbons (Fsp3) is 0.333. The van der Waals surface area contributed by atoms with Crippen LogP contribution in [-0.2, 0) is 16.8 Å². The van der Waals surface area contributed by atoms with Gasteiger partial charge in [-0.05, 0) is 18.6 Å². The number of nitrogens with zero attached hydrogens (tertiary/aromatic N) is 3. The number of carbonyl (C=O) groups excluding carboxylic acids is 1. The van der Waals surface area contributed by atoms with Crippen LogP contribution in [0, 0.1) is 6.92 Å². The van der Waals surface area contributed by atoms with Gasteiger partial charge in [0.2, 0.25) is 0 Å². The fourth-order valence-corrected chi connectivity index (χ4v) is 2.27. The molecule has 3 rings (SSSR count). The van der Waals surface area contributed by atoms with Gasteiger partial charge in [0.05, 0.1) is 5.69 Å². The molecule has 0 saturated carbocycles. The molecule has 0 radical (unpaired) electrons. The summed E-state index contributed by atoms with van der Waals surface area (Å²) >= 11 is 0. The van der Waals surface area contributed by atoms with E-state index < -0.39 is 5.97 Å². The van der Waals surface area contributed by atoms with E-state index in [4.69, 9.17) is 9.26 Å². The third kappa shape index (κ3) is 3.60. The maximum absolute atomic E-state index is 12.1. The molecule has 25 heavy (non-hydrogen) atoms. The summed E-state index contributed by atoms with van der Waals surface area (Å²) in [6.07, 6.45) is 1.71. The molecule has 0 aliphatic rings. The molecule has 3 heterocycles. The molecule has 0 aliphatic carbocycles. The Balaban J connectivity index is 1.76. The highest BCUT2D eigenvalue weighted by molar-refractivity contribution is 5.87. The summed E-state index contributed by atoms with van der Waals surface area (Å²) in [6.45, 7) is 7.64. The normalized spacial score (nSPS) is 11.7. The first-order chi connectivity index (χ1) is 11.7. The van der Waals surface area contributed by atoms with E-state index in [0.717, 1.165) is 5.56 Å². The summed E-state index contributed by atoms with van der Waals surface area (Å²) in [5.41, 5.74) is 1.45. The number of hydrogen-bond donors (Lipinski definition) is 0. The number of hydrogen-bond acceptors (Lipinski definition) is 6. The zero-order valence-electron chi connectivity index (χ0n) is 14.6. The van der Waals surface area contributed by atoms with Crippen LogP contribution in [0.5, 0.6) is 0 Å². The molecule has 0 aromatic carbocycles. The molecular formula is C18H19N3O4. The number of carbonyl (C=O) groups is 1. The van der Waals surface area contributed by atoms with Gasteiger partial charge in [-0.25, -0.2) is 9.78 Å². The Labute approximate surface area is 144 Å². The number of ether oxygens (including phenoxy) is 1. The van der Waals surface area contributed by atoms with Crippen LogP contribution in [0.2, 0.25) is 0 Å². The van der Waals surface area contributed by atoms with Crippen molar-refractivity contribution in [1.29, 1.82) is 0 Å². The molecule has 0 bridgehead atoms. The highest BCUT2D eigenvalue weighted by atomic mass is 16.5. The number of rotatable bonds is 3. The summed E-state index contributed by atoms with van der Waals surface area (Å²) in [6, 6.07) is 6.52. The maximum Gasteiger partial charge on any atom is 0.360 e. The van der Waals surface area contributed by atoms with Gasteiger partial charge in [-0.1, -0.05) is 32.0 Å². The molecule has 0 fully saturated rings. The van der Waals surface area contributed by atoms with E-state index in [1.165, 1.54) is 10.5 Å². The Bertz CT molecular complexity index is 995. The zero-order chi connectivity index (χ0) is 18.2. The quantitative estimate of drug-likeness (QED) is 0.681. The third-order valence-electron chi connectivity index (χ3n) is 3.67. The van der Waals surface area contributed by atoms with Crippen LogP contribution in [0.1, 0.15) is 48.3 Å². The van der Waals surface area contributed by atoms with E-state index in [-0.39, 0.29) is 23.3 Å². The first-order valence-corrected chi connectivity index (χ1v) is 7.87. The lowest BCUT2D eigenvalue weighted by Gasteiger charge is -2.12. The Morgan fingerprint density at radius 2 is 2.04 bits per heavy atom. The topological polar surface area (TPSA) is 86.7 Å². The summed E-state index contributed by atoms with van der Waals surface area (Å²) in [5.74, 6) is -0.0259. The van der Waals surface area contributed by atoms with Gasteiger partial charge in [0.1, 0.15) is 18.0 Å². The van der Waals surface area contributed by atoms with Crippen molar-refractivity contribution >= 4 is 11.6 Å². The van der Waals surface area contributed by atoms with Crippen molar-refractivity contribution in [1.82, 2.24) is 14.5 Å². The van der Waals surface area contributed by atoms with Gasteiger partial charge < -0.3 is 9.26 Å². The molecule has 7 heteroatoms. The van der Waals surface area contributed by atoms with Crippen molar-refractivity contribution in [2.24, 2.45) is 0 Å². The minimum absolute atomic E-state index is 0.0954. The van der Waals surface area contributed by atoms with Gasteiger partial charge in [-0.3, -0.25) is 9.20 Å². The van der Waals surface area contributed by atoms with Crippen LogP contribution in [-0.4, -0.2) is 20.5 Å². The molecule has 3 aromatic heterocycles. The van der Waals surface area contributed by atoms with Crippen LogP contribution >= 0.6 is 0 Å². The van der Waals surface area contributed by atoms with Crippen LogP contribution < -0.4 is 5.56 Å². The zero-order valence-corrected chi connectivity index (χ0v) is 14.6. The van der Waals surface area contributed by atoms with E-state index in [0.29, 0.717) is 17.1 Å². The minimum atomic E-state index is -0.620. The second-order valence-electron chi connectivity index (χ2n) is 6.92. The fourth-order valence-electron chi connectivity index (χ4n) is 2.27. The molecule has 130 valence electrons. The lowest BCUT2D eigenvalue weighted by Crippen LogP contribution is -2.17. The van der Waals surface area contributed by atoms with Gasteiger partial charge in [-0.2, -0.15) is 0 Å². The van der Waals surface area contributed by atoms with E-state index in [1.807, 2.05) is 33.8 Å². The van der Waals surface area contributed by atoms with Gasteiger partial charge in [0.15, 0.2) is 5.69 Å². The van der Waals surface area contributed by atoms with Gasteiger partial charge >= 0.3 is 5.97 Å². The van der Waals surface area contributed by atoms with E-state index in [2.05, 4.69) is 10.1 Å². The predicted molar refractivity (Wildman–Crippen MR) is 90.5 cm³/mol. The van der Waals surface area contributed by atoms with Crippen molar-refractivity contribution in [3.63, 3.8) is 0 Å². The molecule has 0 aliphatic heterocycles. The van der Waals surface area contributed by atoms with Crippen LogP contribution in [0.4, 0.5) is 0 Å². The number of esters is 1. The number of aromatic nitrogens is 3. The molecule has 0 saturated heterocycles. The lowest BCUT2D eigenvalue weighted by molar-refractivity contribution is 0.0455. The van der Waals surface area contributed by atoms with Gasteiger partial charge in [0, 0.05) is 23.7 Å². The Morgan fingerprint density at radius 1 is 1.28 bits per heavy atom. The SMILES string of the molecule is Cc1ccc2nc(COC(=O)c3cc(C(C)(C)C)on3)cc(=O)n2c1. The average Bonchev–Trinajstić information content (AvgIpc) is 3.03. The summed E-state index contributed by atoms with van der Waals surface area (Å²) in [7, 11) is 0. The molecule has 7 nitrogen and oxygen atoms in total. The van der Waals surface area contributed by atoms with E-state index in [1.54, 1.807) is 18.3 Å². The molecule has 3 aromatic rings. The van der Waals surface area contributed by atoms with Gasteiger partial charge in [-0.15, -0.1) is 0 Å². The van der Waals surface area contributed by atoms with Crippen molar-refractivity contribution < 1.29 is 14.1 Å². The largest absolute Gasteiger partial charge is 0.454 e. The van der Waals surface area contributed by atoms with Crippen molar-refractivity contribution in [3.8, 4) is 0 Å². The van der Waals surface area contributed by atoms with E-state index >= 15 is 0 Å². The number of fused-ring (bicyclic) bond motifs is 1. The molecule has 0 atom stereocenters. The Hall–Kier alpha value is -2.96. The highest BCUT2D eigenvalue weighted by Crippen LogP contribution is 2.22. The lowest BCUT2D eigenvalue weighted by atomic mass is 9.93. The van der Waals surface area contributed by atoms with Crippen molar-refractivity contribution in [2.45, 2.75) is 39.7 Å². The Morgan fingerprint density at radius 3 is 2.72 bits per heavy atom. The molecule has 0 amide bonds. The Kier molecular flexibility index (Phi) is 4.16. The minimum Gasteiger partial charge on any atom is -0.454 e. The second kappa shape index (κ2) is 6.16. The van der Waals surface area contributed by atoms with Gasteiger partial charge in [0.25, 0.3) is 5.56 Å². The second-order valence-corrected chi connectivity index (χ2v) is 6.92. The summed E-state index contributed by atoms with van der Waals surface area (Å²) in [5, 5.41) is 3.74. The van der Waals surface area contributed by atoms with Crippen LogP contribution in [0.3, 0.4) is 0 Å². The van der Waals surface area contributed by atoms with Crippen molar-refractivity contribution in [2.75, 3.05) is 0 Å². The van der Waals surface area contributed by atoms with E-state index in [9.17, 15) is 9.59 Å². The van der Waals surface area contributed by atoms with Crippen molar-refractivity contribution in [3.05, 3.63) is 63.5 Å². The van der Waals surface area contributed by atoms with Crippen LogP contribution in [0.25, 0.3) is 5.65 Å². The first-order valence-electron chi connectivity index (χ1n) is 7.87. The smallest absolute Gasteiger partial charge is 0.360 e. The average molecular weight is 341 g/mol. The predicted octanol–water partition coefficient (Wildman–Crippen LogP) is 2.65.